The maximum atomic E-state index is 11.2. The van der Waals surface area contributed by atoms with E-state index in [1.165, 1.54) is 32.1 Å². The van der Waals surface area contributed by atoms with Crippen LogP contribution >= 0.6 is 0 Å². The zero-order valence-electron chi connectivity index (χ0n) is 9.76. The van der Waals surface area contributed by atoms with Crippen molar-refractivity contribution in [1.29, 1.82) is 0 Å². The molecule has 0 aromatic carbocycles. The summed E-state index contributed by atoms with van der Waals surface area (Å²) in [7, 11) is 0. The molecule has 3 heteroatoms. The van der Waals surface area contributed by atoms with Gasteiger partial charge in [-0.15, -0.1) is 0 Å². The van der Waals surface area contributed by atoms with Crippen LogP contribution in [0, 0.1) is 0 Å². The van der Waals surface area contributed by atoms with Crippen LogP contribution in [0.15, 0.2) is 0 Å². The van der Waals surface area contributed by atoms with Gasteiger partial charge in [0.1, 0.15) is 0 Å². The highest BCUT2D eigenvalue weighted by Crippen LogP contribution is 2.18. The number of carbonyl (C=O) groups is 1. The first kappa shape index (κ1) is 12.5. The lowest BCUT2D eigenvalue weighted by atomic mass is 10.2. The smallest absolute Gasteiger partial charge is 0.307 e. The molecule has 88 valence electrons. The summed E-state index contributed by atoms with van der Waals surface area (Å²) in [5.74, 6) is -0.0559. The molecule has 0 unspecified atom stereocenters. The van der Waals surface area contributed by atoms with Crippen LogP contribution in [0.25, 0.3) is 0 Å². The van der Waals surface area contributed by atoms with E-state index in [1.54, 1.807) is 0 Å². The molecule has 0 radical (unpaired) electrons. The van der Waals surface area contributed by atoms with Crippen molar-refractivity contribution in [2.24, 2.45) is 0 Å². The molecule has 1 fully saturated rings. The van der Waals surface area contributed by atoms with Crippen molar-refractivity contribution < 1.29 is 9.53 Å². The molecule has 15 heavy (non-hydrogen) atoms. The Bertz CT molecular complexity index is 178. The van der Waals surface area contributed by atoms with E-state index in [4.69, 9.17) is 4.74 Å². The van der Waals surface area contributed by atoms with E-state index >= 15 is 0 Å². The van der Waals surface area contributed by atoms with E-state index < -0.39 is 0 Å². The Kier molecular flexibility index (Phi) is 6.41. The molecule has 1 saturated carbocycles. The molecule has 1 N–H and O–H groups in total. The number of ether oxygens (including phenoxy) is 1. The summed E-state index contributed by atoms with van der Waals surface area (Å²) in [5.41, 5.74) is 0. The molecule has 0 heterocycles. The van der Waals surface area contributed by atoms with Crippen LogP contribution in [0.1, 0.15) is 51.9 Å². The molecular formula is C12H23NO2. The summed E-state index contributed by atoms with van der Waals surface area (Å²) in [6.45, 7) is 3.55. The van der Waals surface area contributed by atoms with Gasteiger partial charge in [0, 0.05) is 12.6 Å². The minimum Gasteiger partial charge on any atom is -0.466 e. The lowest BCUT2D eigenvalue weighted by Crippen LogP contribution is -2.21. The van der Waals surface area contributed by atoms with E-state index in [-0.39, 0.29) is 5.97 Å². The van der Waals surface area contributed by atoms with Gasteiger partial charge in [-0.3, -0.25) is 4.79 Å². The van der Waals surface area contributed by atoms with Crippen molar-refractivity contribution in [2.45, 2.75) is 57.9 Å². The number of nitrogens with one attached hydrogen (secondary N) is 1. The standard InChI is InChI=1S/C12H23NO2/c1-2-3-4-5-10-15-12(14)8-9-13-11-6-7-11/h11,13H,2-10H2,1H3. The van der Waals surface area contributed by atoms with Gasteiger partial charge in [-0.05, 0) is 19.3 Å². The minimum atomic E-state index is -0.0559. The molecule has 0 aromatic heterocycles. The number of hydrogen-bond acceptors (Lipinski definition) is 3. The third kappa shape index (κ3) is 7.37. The molecular weight excluding hydrogens is 190 g/mol. The van der Waals surface area contributed by atoms with Gasteiger partial charge in [0.2, 0.25) is 0 Å². The first-order valence-corrected chi connectivity index (χ1v) is 6.22. The Morgan fingerprint density at radius 3 is 2.80 bits per heavy atom. The summed E-state index contributed by atoms with van der Waals surface area (Å²) < 4.78 is 5.11. The number of carbonyl (C=O) groups excluding carboxylic acids is 1. The molecule has 0 atom stereocenters. The molecule has 0 aromatic rings. The summed E-state index contributed by atoms with van der Waals surface area (Å²) in [5, 5.41) is 3.30. The van der Waals surface area contributed by atoms with E-state index in [1.807, 2.05) is 0 Å². The number of hydrogen-bond donors (Lipinski definition) is 1. The molecule has 3 nitrogen and oxygen atoms in total. The zero-order chi connectivity index (χ0) is 10.9. The summed E-state index contributed by atoms with van der Waals surface area (Å²) >= 11 is 0. The zero-order valence-corrected chi connectivity index (χ0v) is 9.76. The van der Waals surface area contributed by atoms with Crippen LogP contribution in [0.5, 0.6) is 0 Å². The van der Waals surface area contributed by atoms with Gasteiger partial charge < -0.3 is 10.1 Å². The van der Waals surface area contributed by atoms with Gasteiger partial charge in [-0.2, -0.15) is 0 Å². The Balaban J connectivity index is 1.80. The van der Waals surface area contributed by atoms with Crippen LogP contribution in [-0.4, -0.2) is 25.2 Å². The van der Waals surface area contributed by atoms with Crippen LogP contribution in [0.3, 0.4) is 0 Å². The maximum absolute atomic E-state index is 11.2. The van der Waals surface area contributed by atoms with Crippen LogP contribution < -0.4 is 5.32 Å². The number of esters is 1. The average Bonchev–Trinajstić information content (AvgIpc) is 3.01. The Hall–Kier alpha value is -0.570. The predicted molar refractivity (Wildman–Crippen MR) is 60.7 cm³/mol. The topological polar surface area (TPSA) is 38.3 Å². The van der Waals surface area contributed by atoms with Gasteiger partial charge in [0.15, 0.2) is 0 Å². The lowest BCUT2D eigenvalue weighted by molar-refractivity contribution is -0.143. The number of unbranched alkanes of at least 4 members (excludes halogenated alkanes) is 3. The predicted octanol–water partition coefficient (Wildman–Crippen LogP) is 2.25. The second-order valence-electron chi connectivity index (χ2n) is 4.26. The third-order valence-electron chi connectivity index (χ3n) is 2.60. The first-order valence-electron chi connectivity index (χ1n) is 6.22. The summed E-state index contributed by atoms with van der Waals surface area (Å²) in [6.07, 6.45) is 7.70. The van der Waals surface area contributed by atoms with Gasteiger partial charge in [0.05, 0.1) is 13.0 Å². The fourth-order valence-corrected chi connectivity index (χ4v) is 1.45. The normalized spacial score (nSPS) is 15.3. The third-order valence-corrected chi connectivity index (χ3v) is 2.60. The Morgan fingerprint density at radius 2 is 2.13 bits per heavy atom. The maximum Gasteiger partial charge on any atom is 0.307 e. The lowest BCUT2D eigenvalue weighted by Gasteiger charge is -2.05. The minimum absolute atomic E-state index is 0.0559. The summed E-state index contributed by atoms with van der Waals surface area (Å²) in [4.78, 5) is 11.2. The molecule has 1 aliphatic rings. The highest BCUT2D eigenvalue weighted by molar-refractivity contribution is 5.69. The SMILES string of the molecule is CCCCCCOC(=O)CCNC1CC1. The number of rotatable bonds is 9. The summed E-state index contributed by atoms with van der Waals surface area (Å²) in [6, 6.07) is 0.683. The molecule has 1 aliphatic carbocycles. The molecule has 0 spiro atoms. The Labute approximate surface area is 92.6 Å². The van der Waals surface area contributed by atoms with Crippen molar-refractivity contribution in [1.82, 2.24) is 5.32 Å². The van der Waals surface area contributed by atoms with Crippen molar-refractivity contribution in [3.05, 3.63) is 0 Å². The van der Waals surface area contributed by atoms with E-state index in [0.29, 0.717) is 19.1 Å². The van der Waals surface area contributed by atoms with Crippen LogP contribution in [-0.2, 0) is 9.53 Å². The second kappa shape index (κ2) is 7.69. The fraction of sp³-hybridized carbons (Fsp3) is 0.917. The first-order chi connectivity index (χ1) is 7.33. The largest absolute Gasteiger partial charge is 0.466 e. The second-order valence-corrected chi connectivity index (χ2v) is 4.26. The molecule has 0 amide bonds. The van der Waals surface area contributed by atoms with Crippen molar-refractivity contribution in [2.75, 3.05) is 13.2 Å². The van der Waals surface area contributed by atoms with E-state index in [0.717, 1.165) is 13.0 Å². The molecule has 0 aliphatic heterocycles. The van der Waals surface area contributed by atoms with Crippen molar-refractivity contribution in [3.63, 3.8) is 0 Å². The quantitative estimate of drug-likeness (QED) is 0.471. The van der Waals surface area contributed by atoms with E-state index in [9.17, 15) is 4.79 Å². The average molecular weight is 213 g/mol. The molecule has 1 rings (SSSR count). The van der Waals surface area contributed by atoms with E-state index in [2.05, 4.69) is 12.2 Å². The highest BCUT2D eigenvalue weighted by atomic mass is 16.5. The van der Waals surface area contributed by atoms with Gasteiger partial charge in [-0.1, -0.05) is 26.2 Å². The van der Waals surface area contributed by atoms with Gasteiger partial charge in [0.25, 0.3) is 0 Å². The fourth-order valence-electron chi connectivity index (χ4n) is 1.45. The molecule has 0 saturated heterocycles. The van der Waals surface area contributed by atoms with Crippen molar-refractivity contribution >= 4 is 5.97 Å². The monoisotopic (exact) mass is 213 g/mol. The highest BCUT2D eigenvalue weighted by Gasteiger charge is 2.20. The molecule has 0 bridgehead atoms. The van der Waals surface area contributed by atoms with Gasteiger partial charge in [-0.25, -0.2) is 0 Å². The van der Waals surface area contributed by atoms with Crippen LogP contribution in [0.2, 0.25) is 0 Å². The van der Waals surface area contributed by atoms with Crippen molar-refractivity contribution in [3.8, 4) is 0 Å². The Morgan fingerprint density at radius 1 is 1.33 bits per heavy atom. The van der Waals surface area contributed by atoms with Gasteiger partial charge >= 0.3 is 5.97 Å². The van der Waals surface area contributed by atoms with Crippen LogP contribution in [0.4, 0.5) is 0 Å².